The maximum Gasteiger partial charge on any atom is 0.264 e. The molecule has 5 rings (SSSR count). The van der Waals surface area contributed by atoms with Gasteiger partial charge in [0, 0.05) is 24.0 Å². The molecule has 1 unspecified atom stereocenters. The van der Waals surface area contributed by atoms with Gasteiger partial charge in [0.1, 0.15) is 18.3 Å². The first-order valence-electron chi connectivity index (χ1n) is 16.3. The molecular weight excluding hydrogens is 646 g/mol. The van der Waals surface area contributed by atoms with Crippen molar-refractivity contribution in [2.75, 3.05) is 18.0 Å². The SMILES string of the molecule is COc1ccc(C)cc1N(CC(=O)N(Cc1ccccc1Cl)C(Cc1ccccc1)C(=O)NC1CCCCC1)S(=O)(=O)c1ccccc1. The van der Waals surface area contributed by atoms with Gasteiger partial charge in [-0.2, -0.15) is 0 Å². The second-order valence-corrected chi connectivity index (χ2v) is 14.4. The molecule has 0 saturated heterocycles. The molecular formula is C38H42ClN3O5S. The van der Waals surface area contributed by atoms with E-state index in [1.807, 2.05) is 55.5 Å². The normalized spacial score (nSPS) is 14.1. The first-order chi connectivity index (χ1) is 23.2. The highest BCUT2D eigenvalue weighted by Crippen LogP contribution is 2.34. The van der Waals surface area contributed by atoms with E-state index in [1.54, 1.807) is 42.5 Å². The Bertz CT molecular complexity index is 1800. The van der Waals surface area contributed by atoms with Crippen LogP contribution in [0.15, 0.2) is 108 Å². The predicted octanol–water partition coefficient (Wildman–Crippen LogP) is 6.94. The molecule has 2 amide bonds. The molecule has 0 aliphatic heterocycles. The number of aryl methyl sites for hydroxylation is 1. The Morgan fingerprint density at radius 2 is 1.54 bits per heavy atom. The summed E-state index contributed by atoms with van der Waals surface area (Å²) in [7, 11) is -2.80. The zero-order chi connectivity index (χ0) is 34.1. The van der Waals surface area contributed by atoms with E-state index in [0.717, 1.165) is 47.5 Å². The highest BCUT2D eigenvalue weighted by Gasteiger charge is 2.36. The smallest absolute Gasteiger partial charge is 0.264 e. The molecule has 48 heavy (non-hydrogen) atoms. The minimum atomic E-state index is -4.26. The van der Waals surface area contributed by atoms with Crippen molar-refractivity contribution in [3.63, 3.8) is 0 Å². The second-order valence-electron chi connectivity index (χ2n) is 12.2. The van der Waals surface area contributed by atoms with Crippen LogP contribution in [0.25, 0.3) is 0 Å². The molecule has 4 aromatic rings. The number of rotatable bonds is 13. The Morgan fingerprint density at radius 3 is 2.21 bits per heavy atom. The van der Waals surface area contributed by atoms with Gasteiger partial charge in [-0.1, -0.05) is 104 Å². The monoisotopic (exact) mass is 687 g/mol. The zero-order valence-electron chi connectivity index (χ0n) is 27.3. The van der Waals surface area contributed by atoms with Crippen molar-refractivity contribution in [3.05, 3.63) is 125 Å². The lowest BCUT2D eigenvalue weighted by atomic mass is 9.94. The Kier molecular flexibility index (Phi) is 11.8. The number of anilines is 1. The molecule has 1 fully saturated rings. The maximum absolute atomic E-state index is 14.8. The molecule has 0 heterocycles. The van der Waals surface area contributed by atoms with Crippen LogP contribution in [0.5, 0.6) is 5.75 Å². The molecule has 252 valence electrons. The first kappa shape index (κ1) is 35.0. The number of hydrogen-bond donors (Lipinski definition) is 1. The van der Waals surface area contributed by atoms with Crippen LogP contribution in [0.3, 0.4) is 0 Å². The van der Waals surface area contributed by atoms with Gasteiger partial charge in [0.15, 0.2) is 0 Å². The van der Waals surface area contributed by atoms with Crippen molar-refractivity contribution < 1.29 is 22.7 Å². The summed E-state index contributed by atoms with van der Waals surface area (Å²) in [6.45, 7) is 1.26. The molecule has 1 N–H and O–H groups in total. The van der Waals surface area contributed by atoms with Gasteiger partial charge in [-0.05, 0) is 66.8 Å². The van der Waals surface area contributed by atoms with E-state index in [0.29, 0.717) is 16.3 Å². The van der Waals surface area contributed by atoms with Crippen LogP contribution in [-0.2, 0) is 32.6 Å². The number of hydrogen-bond acceptors (Lipinski definition) is 5. The van der Waals surface area contributed by atoms with Gasteiger partial charge in [-0.3, -0.25) is 13.9 Å². The van der Waals surface area contributed by atoms with Gasteiger partial charge in [0.25, 0.3) is 10.0 Å². The van der Waals surface area contributed by atoms with Gasteiger partial charge in [-0.15, -0.1) is 0 Å². The van der Waals surface area contributed by atoms with Crippen molar-refractivity contribution in [1.82, 2.24) is 10.2 Å². The van der Waals surface area contributed by atoms with Crippen molar-refractivity contribution in [3.8, 4) is 5.75 Å². The Hall–Kier alpha value is -4.34. The summed E-state index contributed by atoms with van der Waals surface area (Å²) in [4.78, 5) is 30.6. The molecule has 8 nitrogen and oxygen atoms in total. The third-order valence-corrected chi connectivity index (χ3v) is 10.9. The number of nitrogens with one attached hydrogen (secondary N) is 1. The summed E-state index contributed by atoms with van der Waals surface area (Å²) in [5.41, 5.74) is 2.51. The molecule has 0 spiro atoms. The lowest BCUT2D eigenvalue weighted by Gasteiger charge is -2.35. The standard InChI is InChI=1S/C38H42ClN3O5S/c1-28-22-23-36(47-2)34(24-28)42(48(45,46)32-19-10-5-11-20-32)27-37(43)41(26-30-16-12-13-21-33(30)39)35(25-29-14-6-3-7-15-29)38(44)40-31-17-8-4-9-18-31/h3,5-7,10-16,19-24,31,35H,4,8-9,17-18,25-27H2,1-2H3,(H,40,44). The predicted molar refractivity (Wildman–Crippen MR) is 190 cm³/mol. The largest absolute Gasteiger partial charge is 0.495 e. The van der Waals surface area contributed by atoms with Crippen LogP contribution in [-0.4, -0.2) is 50.9 Å². The van der Waals surface area contributed by atoms with E-state index >= 15 is 0 Å². The minimum absolute atomic E-state index is 0.00172. The molecule has 0 bridgehead atoms. The Balaban J connectivity index is 1.60. The molecule has 1 aliphatic carbocycles. The van der Waals surface area contributed by atoms with E-state index in [1.165, 1.54) is 24.1 Å². The van der Waals surface area contributed by atoms with Gasteiger partial charge in [-0.25, -0.2) is 8.42 Å². The van der Waals surface area contributed by atoms with Gasteiger partial charge >= 0.3 is 0 Å². The summed E-state index contributed by atoms with van der Waals surface area (Å²) >= 11 is 6.62. The fraction of sp³-hybridized carbons (Fsp3) is 0.316. The number of carbonyl (C=O) groups is 2. The molecule has 1 atom stereocenters. The van der Waals surface area contributed by atoms with Gasteiger partial charge < -0.3 is 15.0 Å². The average molecular weight is 688 g/mol. The average Bonchev–Trinajstić information content (AvgIpc) is 3.10. The zero-order valence-corrected chi connectivity index (χ0v) is 28.9. The van der Waals surface area contributed by atoms with E-state index in [2.05, 4.69) is 5.32 Å². The highest BCUT2D eigenvalue weighted by molar-refractivity contribution is 7.92. The molecule has 1 aliphatic rings. The summed E-state index contributed by atoms with van der Waals surface area (Å²) in [6, 6.07) is 28.9. The quantitative estimate of drug-likeness (QED) is 0.164. The summed E-state index contributed by atoms with van der Waals surface area (Å²) in [5, 5.41) is 3.66. The topological polar surface area (TPSA) is 96.0 Å². The number of benzene rings is 4. The molecule has 4 aromatic carbocycles. The van der Waals surface area contributed by atoms with Crippen LogP contribution in [0.4, 0.5) is 5.69 Å². The number of amides is 2. The van der Waals surface area contributed by atoms with Crippen molar-refractivity contribution >= 4 is 39.1 Å². The molecule has 0 aromatic heterocycles. The van der Waals surface area contributed by atoms with Crippen LogP contribution in [0.1, 0.15) is 48.8 Å². The third-order valence-electron chi connectivity index (χ3n) is 8.73. The number of methoxy groups -OCH3 is 1. The molecule has 1 saturated carbocycles. The number of halogens is 1. The van der Waals surface area contributed by atoms with E-state index in [-0.39, 0.29) is 35.5 Å². The van der Waals surface area contributed by atoms with Crippen LogP contribution in [0, 0.1) is 6.92 Å². The fourth-order valence-electron chi connectivity index (χ4n) is 6.14. The maximum atomic E-state index is 14.8. The first-order valence-corrected chi connectivity index (χ1v) is 18.1. The fourth-order valence-corrected chi connectivity index (χ4v) is 7.77. The number of ether oxygens (including phenoxy) is 1. The summed E-state index contributed by atoms with van der Waals surface area (Å²) in [6.07, 6.45) is 5.17. The third kappa shape index (κ3) is 8.57. The van der Waals surface area contributed by atoms with Crippen LogP contribution in [0.2, 0.25) is 5.02 Å². The number of nitrogens with zero attached hydrogens (tertiary/aromatic N) is 2. The van der Waals surface area contributed by atoms with Gasteiger partial charge in [0.05, 0.1) is 17.7 Å². The van der Waals surface area contributed by atoms with Crippen molar-refractivity contribution in [2.24, 2.45) is 0 Å². The van der Waals surface area contributed by atoms with E-state index in [9.17, 15) is 18.0 Å². The van der Waals surface area contributed by atoms with Crippen LogP contribution < -0.4 is 14.4 Å². The van der Waals surface area contributed by atoms with E-state index in [4.69, 9.17) is 16.3 Å². The van der Waals surface area contributed by atoms with Crippen molar-refractivity contribution in [2.45, 2.75) is 69.0 Å². The highest BCUT2D eigenvalue weighted by atomic mass is 35.5. The van der Waals surface area contributed by atoms with E-state index < -0.39 is 28.5 Å². The van der Waals surface area contributed by atoms with Crippen molar-refractivity contribution in [1.29, 1.82) is 0 Å². The molecule has 10 heteroatoms. The lowest BCUT2D eigenvalue weighted by molar-refractivity contribution is -0.140. The van der Waals surface area contributed by atoms with Crippen LogP contribution >= 0.6 is 11.6 Å². The number of sulfonamides is 1. The Labute approximate surface area is 288 Å². The molecule has 0 radical (unpaired) electrons. The second kappa shape index (κ2) is 16.2. The summed E-state index contributed by atoms with van der Waals surface area (Å²) in [5.74, 6) is -0.545. The lowest BCUT2D eigenvalue weighted by Crippen LogP contribution is -2.55. The minimum Gasteiger partial charge on any atom is -0.495 e. The van der Waals surface area contributed by atoms with Gasteiger partial charge in [0.2, 0.25) is 11.8 Å². The Morgan fingerprint density at radius 1 is 0.896 bits per heavy atom. The number of carbonyl (C=O) groups excluding carboxylic acids is 2. The summed E-state index contributed by atoms with van der Waals surface area (Å²) < 4.78 is 35.4.